The standard InChI is InChI=1S/C53H43N3O/c1-35-29-46(38-21-12-7-13-22-38)49(34-45(35)37-19-10-6-11-20-37)56-48-25-16-24-43(51(48)55-52(56)44-23-14-15-26-50(44)57)40-30-41(32-42(31-40)53(2,3)4)47-33-39(27-28-54-47)36-17-8-5-9-18-36/h5-34,57H,1-4H3/i1D3,5D,8D,9D,17D,18D,27D,28D,33D. The number of para-hydroxylation sites is 2. The number of pyridine rings is 1. The minimum atomic E-state index is -2.49. The van der Waals surface area contributed by atoms with Crippen LogP contribution in [0.25, 0.3) is 83.9 Å². The lowest BCUT2D eigenvalue weighted by atomic mass is 9.83. The van der Waals surface area contributed by atoms with Crippen LogP contribution in [0.3, 0.4) is 0 Å². The molecule has 0 radical (unpaired) electrons. The highest BCUT2D eigenvalue weighted by atomic mass is 16.3. The molecule has 0 bridgehead atoms. The molecule has 276 valence electrons. The summed E-state index contributed by atoms with van der Waals surface area (Å²) in [5.74, 6) is 0.345. The smallest absolute Gasteiger partial charge is 0.149 e. The molecule has 2 heterocycles. The lowest BCUT2D eigenvalue weighted by Crippen LogP contribution is -2.11. The molecule has 9 rings (SSSR count). The third-order valence-corrected chi connectivity index (χ3v) is 10.1. The van der Waals surface area contributed by atoms with Gasteiger partial charge in [0.2, 0.25) is 0 Å². The van der Waals surface area contributed by atoms with Gasteiger partial charge in [0.1, 0.15) is 11.6 Å². The Balaban J connectivity index is 1.36. The SMILES string of the molecule is [2H]c1nc(-c2cc(-c3cccc4c3nc(-c3ccccc3O)n4-c3cc(-c4ccccc4)c(C([2H])([2H])[2H])cc3-c3ccccc3)cc(C(C)(C)C)c2)c([2H])c(-c2c([2H])c([2H])c([2H])c([2H])c2[2H])c1[2H]. The monoisotopic (exact) mass is 748 g/mol. The van der Waals surface area contributed by atoms with Crippen molar-refractivity contribution in [2.24, 2.45) is 0 Å². The van der Waals surface area contributed by atoms with Crippen LogP contribution in [0.4, 0.5) is 0 Å². The van der Waals surface area contributed by atoms with E-state index in [-0.39, 0.29) is 34.2 Å². The van der Waals surface area contributed by atoms with E-state index in [1.54, 1.807) is 36.4 Å². The van der Waals surface area contributed by atoms with Gasteiger partial charge in [-0.2, -0.15) is 0 Å². The fourth-order valence-corrected chi connectivity index (χ4v) is 7.21. The van der Waals surface area contributed by atoms with Crippen LogP contribution >= 0.6 is 0 Å². The minimum absolute atomic E-state index is 0.0250. The molecule has 2 aromatic heterocycles. The summed E-state index contributed by atoms with van der Waals surface area (Å²) in [5.41, 5.74) is 6.20. The molecule has 0 spiro atoms. The second kappa shape index (κ2) is 14.6. The first-order valence-corrected chi connectivity index (χ1v) is 18.6. The number of nitrogens with zero attached hydrogens (tertiary/aromatic N) is 3. The van der Waals surface area contributed by atoms with Crippen molar-refractivity contribution in [3.8, 4) is 78.6 Å². The van der Waals surface area contributed by atoms with Crippen LogP contribution in [-0.2, 0) is 5.41 Å². The number of phenolic OH excluding ortho intramolecular Hbond substituents is 1. The van der Waals surface area contributed by atoms with Crippen molar-refractivity contribution in [3.63, 3.8) is 0 Å². The van der Waals surface area contributed by atoms with Crippen LogP contribution in [-0.4, -0.2) is 19.6 Å². The molecule has 0 aliphatic rings. The van der Waals surface area contributed by atoms with Gasteiger partial charge in [-0.1, -0.05) is 142 Å². The highest BCUT2D eigenvalue weighted by molar-refractivity contribution is 5.98. The molecule has 1 N–H and O–H groups in total. The Morgan fingerprint density at radius 2 is 1.28 bits per heavy atom. The predicted molar refractivity (Wildman–Crippen MR) is 237 cm³/mol. The Bertz CT molecular complexity index is 3440. The number of hydrogen-bond donors (Lipinski definition) is 1. The minimum Gasteiger partial charge on any atom is -0.507 e. The van der Waals surface area contributed by atoms with Crippen LogP contribution in [0.1, 0.15) is 47.0 Å². The van der Waals surface area contributed by atoms with Gasteiger partial charge < -0.3 is 5.11 Å². The molecule has 0 unspecified atom stereocenters. The molecule has 0 fully saturated rings. The van der Waals surface area contributed by atoms with E-state index in [0.717, 1.165) is 11.1 Å². The number of benzene rings is 7. The Morgan fingerprint density at radius 1 is 0.596 bits per heavy atom. The predicted octanol–water partition coefficient (Wildman–Crippen LogP) is 13.7. The Morgan fingerprint density at radius 3 is 2.00 bits per heavy atom. The van der Waals surface area contributed by atoms with E-state index in [1.165, 1.54) is 0 Å². The summed E-state index contributed by atoms with van der Waals surface area (Å²) in [7, 11) is 0. The zero-order chi connectivity index (χ0) is 48.6. The van der Waals surface area contributed by atoms with E-state index >= 15 is 0 Å². The molecule has 0 aliphatic carbocycles. The van der Waals surface area contributed by atoms with E-state index in [0.29, 0.717) is 61.5 Å². The number of hydrogen-bond acceptors (Lipinski definition) is 3. The van der Waals surface area contributed by atoms with E-state index in [9.17, 15) is 6.48 Å². The van der Waals surface area contributed by atoms with Gasteiger partial charge in [0.25, 0.3) is 0 Å². The van der Waals surface area contributed by atoms with Gasteiger partial charge in [0.15, 0.2) is 0 Å². The quantitative estimate of drug-likeness (QED) is 0.177. The van der Waals surface area contributed by atoms with Gasteiger partial charge in [-0.3, -0.25) is 9.55 Å². The molecule has 0 saturated heterocycles. The van der Waals surface area contributed by atoms with Crippen LogP contribution in [0.15, 0.2) is 182 Å². The molecular formula is C53H43N3O. The molecule has 9 aromatic rings. The second-order valence-corrected chi connectivity index (χ2v) is 14.9. The Labute approximate surface area is 349 Å². The lowest BCUT2D eigenvalue weighted by molar-refractivity contribution is 0.477. The van der Waals surface area contributed by atoms with Crippen LogP contribution in [0, 0.1) is 6.85 Å². The summed E-state index contributed by atoms with van der Waals surface area (Å²) in [6.07, 6.45) is -0.540. The summed E-state index contributed by atoms with van der Waals surface area (Å²) in [6, 6.07) is 36.6. The van der Waals surface area contributed by atoms with E-state index in [4.69, 9.17) is 18.7 Å². The number of aromatic nitrogens is 3. The average molecular weight is 749 g/mol. The average Bonchev–Trinajstić information content (AvgIpc) is 3.71. The summed E-state index contributed by atoms with van der Waals surface area (Å²) in [5, 5.41) is 11.5. The van der Waals surface area contributed by atoms with Gasteiger partial charge in [0, 0.05) is 27.0 Å². The van der Waals surface area contributed by atoms with Gasteiger partial charge in [-0.25, -0.2) is 4.98 Å². The Hall–Kier alpha value is -7.04. The molecule has 7 aromatic carbocycles. The first kappa shape index (κ1) is 25.2. The lowest BCUT2D eigenvalue weighted by Gasteiger charge is -2.22. The van der Waals surface area contributed by atoms with Crippen LogP contribution < -0.4 is 0 Å². The zero-order valence-corrected chi connectivity index (χ0v) is 31.5. The third kappa shape index (κ3) is 6.81. The van der Waals surface area contributed by atoms with Crippen LogP contribution in [0.5, 0.6) is 5.75 Å². The number of imidazole rings is 1. The molecular weight excluding hydrogens is 695 g/mol. The molecule has 0 amide bonds. The van der Waals surface area contributed by atoms with E-state index < -0.39 is 54.7 Å². The highest BCUT2D eigenvalue weighted by Crippen LogP contribution is 2.43. The van der Waals surface area contributed by atoms with E-state index in [2.05, 4.69) is 4.98 Å². The van der Waals surface area contributed by atoms with Crippen LogP contribution in [0.2, 0.25) is 0 Å². The van der Waals surface area contributed by atoms with Crippen molar-refractivity contribution in [1.82, 2.24) is 14.5 Å². The van der Waals surface area contributed by atoms with Crippen molar-refractivity contribution >= 4 is 11.0 Å². The van der Waals surface area contributed by atoms with Gasteiger partial charge in [-0.15, -0.1) is 0 Å². The topological polar surface area (TPSA) is 50.9 Å². The maximum absolute atomic E-state index is 11.5. The normalized spacial score (nSPS) is 14.5. The van der Waals surface area contributed by atoms with Gasteiger partial charge in [0.05, 0.1) is 38.9 Å². The second-order valence-electron chi connectivity index (χ2n) is 14.9. The first-order valence-electron chi connectivity index (χ1n) is 24.1. The summed E-state index contributed by atoms with van der Waals surface area (Å²) in [6.45, 7) is 3.58. The maximum atomic E-state index is 11.5. The van der Waals surface area contributed by atoms with E-state index in [1.807, 2.05) is 122 Å². The van der Waals surface area contributed by atoms with Crippen molar-refractivity contribution < 1.29 is 20.2 Å². The van der Waals surface area contributed by atoms with Gasteiger partial charge >= 0.3 is 0 Å². The number of fused-ring (bicyclic) bond motifs is 1. The molecule has 0 atom stereocenters. The van der Waals surface area contributed by atoms with Crippen molar-refractivity contribution in [3.05, 3.63) is 193 Å². The Kier molecular flexibility index (Phi) is 6.43. The number of rotatable bonds is 7. The summed E-state index contributed by atoms with van der Waals surface area (Å²) >= 11 is 0. The fourth-order valence-electron chi connectivity index (χ4n) is 7.21. The first-order chi connectivity index (χ1) is 32.3. The number of aromatic hydroxyl groups is 1. The van der Waals surface area contributed by atoms with Crippen molar-refractivity contribution in [2.45, 2.75) is 33.0 Å². The summed E-state index contributed by atoms with van der Waals surface area (Å²) < 4.78 is 97.3. The largest absolute Gasteiger partial charge is 0.507 e. The molecule has 57 heavy (non-hydrogen) atoms. The van der Waals surface area contributed by atoms with Crippen molar-refractivity contribution in [2.75, 3.05) is 0 Å². The van der Waals surface area contributed by atoms with Gasteiger partial charge in [-0.05, 0) is 111 Å². The molecule has 4 heteroatoms. The number of phenols is 1. The maximum Gasteiger partial charge on any atom is 0.149 e. The summed E-state index contributed by atoms with van der Waals surface area (Å²) in [4.78, 5) is 9.76. The molecule has 0 saturated carbocycles. The third-order valence-electron chi connectivity index (χ3n) is 10.1. The fraction of sp³-hybridized carbons (Fsp3) is 0.0943. The highest BCUT2D eigenvalue weighted by Gasteiger charge is 2.24. The molecule has 4 nitrogen and oxygen atoms in total. The van der Waals surface area contributed by atoms with Crippen molar-refractivity contribution in [1.29, 1.82) is 0 Å². The molecule has 0 aliphatic heterocycles. The zero-order valence-electron chi connectivity index (χ0n) is 42.5. The number of aryl methyl sites for hydroxylation is 1.